The normalized spacial score (nSPS) is 20.4. The van der Waals surface area contributed by atoms with Gasteiger partial charge in [-0.2, -0.15) is 0 Å². The highest BCUT2D eigenvalue weighted by molar-refractivity contribution is 7.16. The van der Waals surface area contributed by atoms with Crippen molar-refractivity contribution >= 4 is 23.2 Å². The number of carboxylic acids is 1. The minimum atomic E-state index is -0.885. The predicted octanol–water partition coefficient (Wildman–Crippen LogP) is 2.93. The Morgan fingerprint density at radius 3 is 2.83 bits per heavy atom. The standard InChI is InChI=1S/C16H15FN2O3S/c17-11-6-2-1-4-9(11)15-18-8-13(23-15)14(20)19-12-7-3-5-10(12)16(21)22/h1-2,4,6,8,10,12H,3,5,7H2,(H,19,20)(H,21,22)/t10-,12+/m1/s1. The lowest BCUT2D eigenvalue weighted by molar-refractivity contribution is -0.142. The van der Waals surface area contributed by atoms with Crippen molar-refractivity contribution in [3.05, 3.63) is 41.2 Å². The van der Waals surface area contributed by atoms with Gasteiger partial charge in [0, 0.05) is 11.6 Å². The number of hydrogen-bond donors (Lipinski definition) is 2. The summed E-state index contributed by atoms with van der Waals surface area (Å²) in [6.07, 6.45) is 3.41. The third-order valence-corrected chi connectivity index (χ3v) is 5.01. The number of amides is 1. The number of aromatic nitrogens is 1. The topological polar surface area (TPSA) is 79.3 Å². The molecule has 1 fully saturated rings. The molecule has 0 bridgehead atoms. The van der Waals surface area contributed by atoms with Crippen molar-refractivity contribution in [3.8, 4) is 10.6 Å². The van der Waals surface area contributed by atoms with Crippen LogP contribution in [0.5, 0.6) is 0 Å². The zero-order chi connectivity index (χ0) is 16.4. The lowest BCUT2D eigenvalue weighted by Crippen LogP contribution is -2.39. The molecule has 0 radical (unpaired) electrons. The fraction of sp³-hybridized carbons (Fsp3) is 0.312. The molecule has 2 atom stereocenters. The molecule has 0 saturated heterocycles. The van der Waals surface area contributed by atoms with Crippen LogP contribution >= 0.6 is 11.3 Å². The molecule has 0 aliphatic heterocycles. The number of nitrogens with one attached hydrogen (secondary N) is 1. The molecule has 3 rings (SSSR count). The Bertz CT molecular complexity index is 746. The van der Waals surface area contributed by atoms with Crippen molar-refractivity contribution < 1.29 is 19.1 Å². The molecule has 23 heavy (non-hydrogen) atoms. The summed E-state index contributed by atoms with van der Waals surface area (Å²) in [4.78, 5) is 27.9. The summed E-state index contributed by atoms with van der Waals surface area (Å²) >= 11 is 1.09. The Labute approximate surface area is 136 Å². The number of hydrogen-bond acceptors (Lipinski definition) is 4. The Morgan fingerprint density at radius 2 is 2.09 bits per heavy atom. The second-order valence-corrected chi connectivity index (χ2v) is 6.50. The molecule has 120 valence electrons. The Morgan fingerprint density at radius 1 is 1.30 bits per heavy atom. The van der Waals surface area contributed by atoms with Gasteiger partial charge >= 0.3 is 5.97 Å². The van der Waals surface area contributed by atoms with E-state index < -0.39 is 17.7 Å². The maximum absolute atomic E-state index is 13.8. The van der Waals surface area contributed by atoms with E-state index in [1.165, 1.54) is 12.3 Å². The minimum Gasteiger partial charge on any atom is -0.481 e. The van der Waals surface area contributed by atoms with E-state index in [0.29, 0.717) is 28.3 Å². The van der Waals surface area contributed by atoms with Crippen molar-refractivity contribution in [2.45, 2.75) is 25.3 Å². The molecule has 1 aliphatic carbocycles. The number of carbonyl (C=O) groups is 2. The molecule has 1 saturated carbocycles. The first-order chi connectivity index (χ1) is 11.1. The van der Waals surface area contributed by atoms with Crippen LogP contribution in [-0.2, 0) is 4.79 Å². The molecule has 5 nitrogen and oxygen atoms in total. The summed E-state index contributed by atoms with van der Waals surface area (Å²) in [5.41, 5.74) is 0.348. The van der Waals surface area contributed by atoms with Crippen molar-refractivity contribution in [1.29, 1.82) is 0 Å². The molecule has 2 N–H and O–H groups in total. The van der Waals surface area contributed by atoms with Crippen LogP contribution in [0.1, 0.15) is 28.9 Å². The van der Waals surface area contributed by atoms with Gasteiger partial charge in [0.1, 0.15) is 15.7 Å². The largest absolute Gasteiger partial charge is 0.481 e. The van der Waals surface area contributed by atoms with Gasteiger partial charge in [-0.25, -0.2) is 9.37 Å². The number of rotatable bonds is 4. The molecule has 0 spiro atoms. The van der Waals surface area contributed by atoms with Gasteiger partial charge in [0.15, 0.2) is 0 Å². The van der Waals surface area contributed by atoms with Crippen LogP contribution in [-0.4, -0.2) is 28.0 Å². The summed E-state index contributed by atoms with van der Waals surface area (Å²) in [5, 5.41) is 12.3. The maximum atomic E-state index is 13.8. The zero-order valence-electron chi connectivity index (χ0n) is 12.2. The minimum absolute atomic E-state index is 0.347. The molecule has 7 heteroatoms. The number of carboxylic acid groups (broad SMARTS) is 1. The molecule has 2 aromatic rings. The summed E-state index contributed by atoms with van der Waals surface area (Å²) in [6.45, 7) is 0. The van der Waals surface area contributed by atoms with Crippen LogP contribution in [0.25, 0.3) is 10.6 Å². The highest BCUT2D eigenvalue weighted by Crippen LogP contribution is 2.29. The fourth-order valence-corrected chi connectivity index (χ4v) is 3.65. The van der Waals surface area contributed by atoms with Gasteiger partial charge in [-0.05, 0) is 25.0 Å². The summed E-state index contributed by atoms with van der Waals surface area (Å²) in [5.74, 6) is -2.18. The third kappa shape index (κ3) is 3.24. The monoisotopic (exact) mass is 334 g/mol. The van der Waals surface area contributed by atoms with Gasteiger partial charge in [0.25, 0.3) is 5.91 Å². The molecule has 1 heterocycles. The van der Waals surface area contributed by atoms with E-state index >= 15 is 0 Å². The van der Waals surface area contributed by atoms with Gasteiger partial charge in [-0.1, -0.05) is 18.6 Å². The van der Waals surface area contributed by atoms with Crippen LogP contribution in [0.15, 0.2) is 30.5 Å². The molecule has 1 amide bonds. The zero-order valence-corrected chi connectivity index (χ0v) is 13.0. The highest BCUT2D eigenvalue weighted by Gasteiger charge is 2.34. The molecule has 1 aromatic carbocycles. The highest BCUT2D eigenvalue weighted by atomic mass is 32.1. The van der Waals surface area contributed by atoms with Gasteiger partial charge in [-0.15, -0.1) is 11.3 Å². The van der Waals surface area contributed by atoms with E-state index in [9.17, 15) is 14.0 Å². The molecule has 0 unspecified atom stereocenters. The second-order valence-electron chi connectivity index (χ2n) is 5.47. The van der Waals surface area contributed by atoms with Crippen LogP contribution < -0.4 is 5.32 Å². The summed E-state index contributed by atoms with van der Waals surface area (Å²) in [7, 11) is 0. The smallest absolute Gasteiger partial charge is 0.308 e. The van der Waals surface area contributed by atoms with Gasteiger partial charge in [0.05, 0.1) is 12.1 Å². The average Bonchev–Trinajstić information content (AvgIpc) is 3.16. The van der Waals surface area contributed by atoms with Crippen molar-refractivity contribution in [1.82, 2.24) is 10.3 Å². The first-order valence-corrected chi connectivity index (χ1v) is 8.12. The van der Waals surface area contributed by atoms with Gasteiger partial charge in [-0.3, -0.25) is 9.59 Å². The molecular formula is C16H15FN2O3S. The van der Waals surface area contributed by atoms with E-state index in [0.717, 1.165) is 17.8 Å². The van der Waals surface area contributed by atoms with Gasteiger partial charge < -0.3 is 10.4 Å². The summed E-state index contributed by atoms with van der Waals surface area (Å²) < 4.78 is 13.8. The first-order valence-electron chi connectivity index (χ1n) is 7.30. The second kappa shape index (κ2) is 6.45. The maximum Gasteiger partial charge on any atom is 0.308 e. The number of halogens is 1. The Hall–Kier alpha value is -2.28. The number of nitrogens with zero attached hydrogens (tertiary/aromatic N) is 1. The van der Waals surface area contributed by atoms with Crippen LogP contribution in [0.2, 0.25) is 0 Å². The van der Waals surface area contributed by atoms with Crippen LogP contribution in [0, 0.1) is 11.7 Å². The van der Waals surface area contributed by atoms with E-state index in [1.807, 2.05) is 0 Å². The van der Waals surface area contributed by atoms with Crippen LogP contribution in [0.4, 0.5) is 4.39 Å². The van der Waals surface area contributed by atoms with E-state index in [-0.39, 0.29) is 11.9 Å². The fourth-order valence-electron chi connectivity index (χ4n) is 2.81. The lowest BCUT2D eigenvalue weighted by atomic mass is 10.0. The molecular weight excluding hydrogens is 319 g/mol. The molecule has 1 aromatic heterocycles. The number of aliphatic carboxylic acids is 1. The number of benzene rings is 1. The van der Waals surface area contributed by atoms with Crippen LogP contribution in [0.3, 0.4) is 0 Å². The van der Waals surface area contributed by atoms with E-state index in [1.54, 1.807) is 18.2 Å². The van der Waals surface area contributed by atoms with E-state index in [4.69, 9.17) is 5.11 Å². The quantitative estimate of drug-likeness (QED) is 0.901. The predicted molar refractivity (Wildman–Crippen MR) is 83.7 cm³/mol. The third-order valence-electron chi connectivity index (χ3n) is 3.98. The SMILES string of the molecule is O=C(N[C@H]1CCC[C@H]1C(=O)O)c1cnc(-c2ccccc2F)s1. The first kappa shape index (κ1) is 15.6. The lowest BCUT2D eigenvalue weighted by Gasteiger charge is -2.16. The average molecular weight is 334 g/mol. The van der Waals surface area contributed by atoms with Gasteiger partial charge in [0.2, 0.25) is 0 Å². The Balaban J connectivity index is 1.74. The number of thiazole rings is 1. The van der Waals surface area contributed by atoms with E-state index in [2.05, 4.69) is 10.3 Å². The Kier molecular flexibility index (Phi) is 4.38. The van der Waals surface area contributed by atoms with Crippen molar-refractivity contribution in [2.24, 2.45) is 5.92 Å². The van der Waals surface area contributed by atoms with Crippen molar-refractivity contribution in [3.63, 3.8) is 0 Å². The van der Waals surface area contributed by atoms with Crippen molar-refractivity contribution in [2.75, 3.05) is 0 Å². The number of carbonyl (C=O) groups excluding carboxylic acids is 1. The summed E-state index contributed by atoms with van der Waals surface area (Å²) in [6, 6.07) is 5.88. The molecule has 1 aliphatic rings.